The molecule has 1 N–H and O–H groups in total. The Morgan fingerprint density at radius 2 is 2.10 bits per heavy atom. The van der Waals surface area contributed by atoms with E-state index in [-0.39, 0.29) is 30.8 Å². The molecule has 1 rings (SSSR count). The van der Waals surface area contributed by atoms with Crippen molar-refractivity contribution in [1.29, 1.82) is 0 Å². The van der Waals surface area contributed by atoms with Gasteiger partial charge in [0, 0.05) is 23.7 Å². The summed E-state index contributed by atoms with van der Waals surface area (Å²) in [4.78, 5) is 33.1. The number of nitro groups is 1. The van der Waals surface area contributed by atoms with Gasteiger partial charge in [-0.15, -0.1) is 0 Å². The second-order valence-corrected chi connectivity index (χ2v) is 4.07. The van der Waals surface area contributed by atoms with Crippen LogP contribution in [0.3, 0.4) is 0 Å². The van der Waals surface area contributed by atoms with Crippen LogP contribution in [0.25, 0.3) is 0 Å². The minimum atomic E-state index is -0.537. The second-order valence-electron chi connectivity index (χ2n) is 4.07. The lowest BCUT2D eigenvalue weighted by molar-refractivity contribution is -0.385. The molecule has 0 aromatic heterocycles. The summed E-state index contributed by atoms with van der Waals surface area (Å²) in [5.41, 5.74) is 0.562. The first kappa shape index (κ1) is 15.6. The van der Waals surface area contributed by atoms with Crippen LogP contribution in [0.4, 0.5) is 5.69 Å². The van der Waals surface area contributed by atoms with Crippen molar-refractivity contribution >= 4 is 17.6 Å². The van der Waals surface area contributed by atoms with E-state index in [9.17, 15) is 19.7 Å². The number of nitrogens with one attached hydrogen (secondary N) is 1. The minimum absolute atomic E-state index is 0.0630. The van der Waals surface area contributed by atoms with Crippen molar-refractivity contribution in [3.05, 3.63) is 39.4 Å². The first-order chi connectivity index (χ1) is 9.45. The molecule has 0 aliphatic heterocycles. The Morgan fingerprint density at radius 1 is 1.40 bits per heavy atom. The first-order valence-electron chi connectivity index (χ1n) is 6.14. The van der Waals surface area contributed by atoms with Gasteiger partial charge >= 0.3 is 5.97 Å². The molecule has 0 saturated carbocycles. The Morgan fingerprint density at radius 3 is 2.70 bits per heavy atom. The molecule has 0 fully saturated rings. The number of carbonyl (C=O) groups is 2. The van der Waals surface area contributed by atoms with E-state index in [1.807, 2.05) is 0 Å². The molecule has 108 valence electrons. The van der Waals surface area contributed by atoms with Crippen LogP contribution in [0.5, 0.6) is 0 Å². The number of hydrogen-bond acceptors (Lipinski definition) is 5. The Kier molecular flexibility index (Phi) is 5.64. The Labute approximate surface area is 116 Å². The van der Waals surface area contributed by atoms with Crippen LogP contribution in [0.1, 0.15) is 29.3 Å². The third kappa shape index (κ3) is 4.34. The van der Waals surface area contributed by atoms with Crippen molar-refractivity contribution in [3.63, 3.8) is 0 Å². The predicted octanol–water partition coefficient (Wildman–Crippen LogP) is 1.59. The van der Waals surface area contributed by atoms with Gasteiger partial charge in [-0.05, 0) is 19.9 Å². The molecule has 0 atom stereocenters. The number of carbonyl (C=O) groups excluding carboxylic acids is 2. The first-order valence-corrected chi connectivity index (χ1v) is 6.14. The molecule has 7 nitrogen and oxygen atoms in total. The van der Waals surface area contributed by atoms with E-state index in [4.69, 9.17) is 4.74 Å². The second kappa shape index (κ2) is 7.22. The number of nitro benzene ring substituents is 1. The highest BCUT2D eigenvalue weighted by atomic mass is 16.6. The molecule has 1 amide bonds. The maximum atomic E-state index is 11.8. The zero-order valence-electron chi connectivity index (χ0n) is 11.3. The van der Waals surface area contributed by atoms with Crippen LogP contribution in [0, 0.1) is 17.0 Å². The summed E-state index contributed by atoms with van der Waals surface area (Å²) < 4.78 is 4.72. The Balaban J connectivity index is 2.62. The van der Waals surface area contributed by atoms with Crippen LogP contribution in [-0.2, 0) is 9.53 Å². The lowest BCUT2D eigenvalue weighted by atomic mass is 10.1. The summed E-state index contributed by atoms with van der Waals surface area (Å²) in [5, 5.41) is 13.3. The summed E-state index contributed by atoms with van der Waals surface area (Å²) >= 11 is 0. The molecule has 0 saturated heterocycles. The van der Waals surface area contributed by atoms with Crippen molar-refractivity contribution in [1.82, 2.24) is 5.32 Å². The van der Waals surface area contributed by atoms with E-state index < -0.39 is 16.8 Å². The van der Waals surface area contributed by atoms with E-state index in [0.717, 1.165) is 0 Å². The standard InChI is InChI=1S/C13H16N2O5/c1-3-20-12(16)6-7-14-13(17)10-5-4-9(2)11(8-10)15(18)19/h4-5,8H,3,6-7H2,1-2H3,(H,14,17). The third-order valence-corrected chi connectivity index (χ3v) is 2.59. The summed E-state index contributed by atoms with van der Waals surface area (Å²) in [5.74, 6) is -0.861. The van der Waals surface area contributed by atoms with Crippen LogP contribution < -0.4 is 5.32 Å². The molecule has 0 bridgehead atoms. The molecule has 0 aliphatic carbocycles. The molecule has 20 heavy (non-hydrogen) atoms. The maximum Gasteiger partial charge on any atom is 0.307 e. The van der Waals surface area contributed by atoms with Crippen molar-refractivity contribution < 1.29 is 19.2 Å². The fourth-order valence-corrected chi connectivity index (χ4v) is 1.56. The molecule has 0 aliphatic rings. The number of amides is 1. The van der Waals surface area contributed by atoms with Crippen molar-refractivity contribution in [2.24, 2.45) is 0 Å². The Hall–Kier alpha value is -2.44. The summed E-state index contributed by atoms with van der Waals surface area (Å²) in [7, 11) is 0. The van der Waals surface area contributed by atoms with Gasteiger partial charge in [-0.1, -0.05) is 6.07 Å². The smallest absolute Gasteiger partial charge is 0.307 e. The number of rotatable bonds is 6. The highest BCUT2D eigenvalue weighted by Crippen LogP contribution is 2.19. The topological polar surface area (TPSA) is 98.5 Å². The van der Waals surface area contributed by atoms with Crippen molar-refractivity contribution in [3.8, 4) is 0 Å². The van der Waals surface area contributed by atoms with Crippen molar-refractivity contribution in [2.75, 3.05) is 13.2 Å². The van der Waals surface area contributed by atoms with Gasteiger partial charge in [0.15, 0.2) is 0 Å². The van der Waals surface area contributed by atoms with E-state index in [1.54, 1.807) is 13.8 Å². The van der Waals surface area contributed by atoms with Gasteiger partial charge in [0.25, 0.3) is 11.6 Å². The lowest BCUT2D eigenvalue weighted by Crippen LogP contribution is -2.26. The van der Waals surface area contributed by atoms with Crippen LogP contribution in [-0.4, -0.2) is 30.0 Å². The molecule has 1 aromatic rings. The predicted molar refractivity (Wildman–Crippen MR) is 71.4 cm³/mol. The molecule has 0 unspecified atom stereocenters. The molecule has 7 heteroatoms. The average molecular weight is 280 g/mol. The quantitative estimate of drug-likeness (QED) is 0.484. The van der Waals surface area contributed by atoms with Crippen LogP contribution >= 0.6 is 0 Å². The maximum absolute atomic E-state index is 11.8. The van der Waals surface area contributed by atoms with Crippen LogP contribution in [0.15, 0.2) is 18.2 Å². The highest BCUT2D eigenvalue weighted by Gasteiger charge is 2.15. The van der Waals surface area contributed by atoms with Gasteiger partial charge in [-0.2, -0.15) is 0 Å². The van der Waals surface area contributed by atoms with Gasteiger partial charge in [-0.3, -0.25) is 19.7 Å². The van der Waals surface area contributed by atoms with Gasteiger partial charge < -0.3 is 10.1 Å². The zero-order chi connectivity index (χ0) is 15.1. The SMILES string of the molecule is CCOC(=O)CCNC(=O)c1ccc(C)c([N+](=O)[O-])c1. The third-order valence-electron chi connectivity index (χ3n) is 2.59. The molecular weight excluding hydrogens is 264 g/mol. The zero-order valence-corrected chi connectivity index (χ0v) is 11.3. The monoisotopic (exact) mass is 280 g/mol. The fourth-order valence-electron chi connectivity index (χ4n) is 1.56. The van der Waals surface area contributed by atoms with Gasteiger partial charge in [-0.25, -0.2) is 0 Å². The van der Waals surface area contributed by atoms with Gasteiger partial charge in [0.05, 0.1) is 18.0 Å². The Bertz CT molecular complexity index is 527. The number of esters is 1. The molecular formula is C13H16N2O5. The highest BCUT2D eigenvalue weighted by molar-refractivity contribution is 5.95. The number of aryl methyl sites for hydroxylation is 1. The lowest BCUT2D eigenvalue weighted by Gasteiger charge is -2.06. The van der Waals surface area contributed by atoms with Crippen LogP contribution in [0.2, 0.25) is 0 Å². The van der Waals surface area contributed by atoms with E-state index in [0.29, 0.717) is 5.56 Å². The summed E-state index contributed by atoms with van der Waals surface area (Å²) in [6.07, 6.45) is 0.0630. The van der Waals surface area contributed by atoms with E-state index >= 15 is 0 Å². The number of ether oxygens (including phenoxy) is 1. The number of hydrogen-bond donors (Lipinski definition) is 1. The fraction of sp³-hybridized carbons (Fsp3) is 0.385. The average Bonchev–Trinajstić information content (AvgIpc) is 2.39. The van der Waals surface area contributed by atoms with Gasteiger partial charge in [0.2, 0.25) is 0 Å². The number of benzene rings is 1. The molecule has 1 aromatic carbocycles. The normalized spacial score (nSPS) is 9.90. The minimum Gasteiger partial charge on any atom is -0.466 e. The summed E-state index contributed by atoms with van der Waals surface area (Å²) in [6, 6.07) is 4.23. The van der Waals surface area contributed by atoms with E-state index in [2.05, 4.69) is 5.32 Å². The number of nitrogens with zero attached hydrogens (tertiary/aromatic N) is 1. The van der Waals surface area contributed by atoms with Gasteiger partial charge in [0.1, 0.15) is 0 Å². The molecule has 0 heterocycles. The summed E-state index contributed by atoms with van der Waals surface area (Å²) in [6.45, 7) is 3.71. The molecule has 0 spiro atoms. The van der Waals surface area contributed by atoms with Crippen molar-refractivity contribution in [2.45, 2.75) is 20.3 Å². The van der Waals surface area contributed by atoms with E-state index in [1.165, 1.54) is 18.2 Å². The molecule has 0 radical (unpaired) electrons. The largest absolute Gasteiger partial charge is 0.466 e.